The van der Waals surface area contributed by atoms with Crippen molar-refractivity contribution in [3.05, 3.63) is 60.7 Å². The molecule has 0 atom stereocenters. The highest BCUT2D eigenvalue weighted by atomic mass is 16.4. The lowest BCUT2D eigenvalue weighted by molar-refractivity contribution is 0.0693. The van der Waals surface area contributed by atoms with Crippen molar-refractivity contribution in [2.75, 3.05) is 0 Å². The van der Waals surface area contributed by atoms with Crippen molar-refractivity contribution < 1.29 is 15.0 Å². The van der Waals surface area contributed by atoms with Crippen LogP contribution in [0.1, 0.15) is 15.9 Å². The summed E-state index contributed by atoms with van der Waals surface area (Å²) in [6.07, 6.45) is 4.90. The number of carboxylic acids is 1. The minimum Gasteiger partial charge on any atom is -0.507 e. The molecule has 3 heteroatoms. The van der Waals surface area contributed by atoms with Gasteiger partial charge < -0.3 is 10.2 Å². The number of aromatic carboxylic acids is 1. The van der Waals surface area contributed by atoms with E-state index in [4.69, 9.17) is 5.11 Å². The van der Waals surface area contributed by atoms with Crippen molar-refractivity contribution in [1.29, 1.82) is 0 Å². The van der Waals surface area contributed by atoms with Crippen molar-refractivity contribution >= 4 is 11.5 Å². The molecular weight excluding hydrogens is 204 g/mol. The molecule has 2 N–H and O–H groups in total. The van der Waals surface area contributed by atoms with Gasteiger partial charge in [-0.2, -0.15) is 0 Å². The van der Waals surface area contributed by atoms with Crippen molar-refractivity contribution in [1.82, 2.24) is 0 Å². The van der Waals surface area contributed by atoms with Gasteiger partial charge in [-0.25, -0.2) is 4.79 Å². The van der Waals surface area contributed by atoms with E-state index in [1.54, 1.807) is 24.3 Å². The van der Waals surface area contributed by atoms with Gasteiger partial charge in [-0.3, -0.25) is 0 Å². The molecule has 1 rings (SSSR count). The van der Waals surface area contributed by atoms with Gasteiger partial charge in [0.25, 0.3) is 0 Å². The number of hydrogen-bond acceptors (Lipinski definition) is 2. The topological polar surface area (TPSA) is 57.5 Å². The maximum Gasteiger partial charge on any atom is 0.339 e. The van der Waals surface area contributed by atoms with Crippen molar-refractivity contribution in [3.63, 3.8) is 0 Å². The Balaban J connectivity index is 3.31. The van der Waals surface area contributed by atoms with Crippen LogP contribution in [-0.4, -0.2) is 16.2 Å². The molecule has 3 nitrogen and oxygen atoms in total. The maximum atomic E-state index is 10.8. The van der Waals surface area contributed by atoms with Gasteiger partial charge in [0, 0.05) is 0 Å². The fraction of sp³-hybridized carbons (Fsp3) is 0. The third kappa shape index (κ3) is 2.39. The normalized spacial score (nSPS) is 10.9. The molecule has 0 saturated carbocycles. The second-order valence-electron chi connectivity index (χ2n) is 3.10. The minimum absolute atomic E-state index is 0.130. The first-order valence-electron chi connectivity index (χ1n) is 4.62. The molecule has 82 valence electrons. The lowest BCUT2D eigenvalue weighted by atomic mass is 10.0. The second kappa shape index (κ2) is 4.98. The van der Waals surface area contributed by atoms with Gasteiger partial charge in [-0.1, -0.05) is 37.5 Å². The minimum atomic E-state index is -1.17. The molecule has 0 bridgehead atoms. The predicted molar refractivity (Wildman–Crippen MR) is 63.4 cm³/mol. The van der Waals surface area contributed by atoms with Gasteiger partial charge in [0.2, 0.25) is 0 Å². The summed E-state index contributed by atoms with van der Waals surface area (Å²) in [6.45, 7) is 7.19. The summed E-state index contributed by atoms with van der Waals surface area (Å²) in [4.78, 5) is 10.8. The summed E-state index contributed by atoms with van der Waals surface area (Å²) in [6, 6.07) is 4.37. The van der Waals surface area contributed by atoms with Crippen LogP contribution in [0.4, 0.5) is 0 Å². The molecular formula is C13H12O3. The zero-order chi connectivity index (χ0) is 12.1. The molecule has 0 amide bonds. The van der Waals surface area contributed by atoms with Gasteiger partial charge >= 0.3 is 5.97 Å². The molecule has 0 aliphatic rings. The largest absolute Gasteiger partial charge is 0.507 e. The molecule has 1 aromatic carbocycles. The van der Waals surface area contributed by atoms with E-state index >= 15 is 0 Å². The summed E-state index contributed by atoms with van der Waals surface area (Å²) in [5.41, 5.74) is 1.29. The molecule has 0 unspecified atom stereocenters. The summed E-state index contributed by atoms with van der Waals surface area (Å²) < 4.78 is 0. The fourth-order valence-corrected chi connectivity index (χ4v) is 1.30. The number of benzene rings is 1. The first kappa shape index (κ1) is 11.8. The molecule has 0 saturated heterocycles. The van der Waals surface area contributed by atoms with Crippen LogP contribution in [0.25, 0.3) is 5.57 Å². The Labute approximate surface area is 93.7 Å². The number of allylic oxidation sites excluding steroid dienone is 4. The van der Waals surface area contributed by atoms with E-state index in [9.17, 15) is 9.90 Å². The van der Waals surface area contributed by atoms with Gasteiger partial charge in [0.15, 0.2) is 0 Å². The average Bonchev–Trinajstić information content (AvgIpc) is 2.26. The van der Waals surface area contributed by atoms with Crippen LogP contribution in [0.3, 0.4) is 0 Å². The summed E-state index contributed by atoms with van der Waals surface area (Å²) in [7, 11) is 0. The molecule has 16 heavy (non-hydrogen) atoms. The Morgan fingerprint density at radius 1 is 1.31 bits per heavy atom. The number of carboxylic acid groups (broad SMARTS) is 1. The van der Waals surface area contributed by atoms with E-state index < -0.39 is 5.97 Å². The molecule has 0 heterocycles. The van der Waals surface area contributed by atoms with Crippen LogP contribution in [0.5, 0.6) is 5.75 Å². The van der Waals surface area contributed by atoms with E-state index in [0.29, 0.717) is 5.56 Å². The highest BCUT2D eigenvalue weighted by Gasteiger charge is 2.10. The molecule has 1 aromatic rings. The zero-order valence-electron chi connectivity index (χ0n) is 8.68. The van der Waals surface area contributed by atoms with Crippen LogP contribution in [-0.2, 0) is 0 Å². The number of phenols is 1. The number of rotatable bonds is 4. The number of aromatic hydroxyl groups is 1. The lowest BCUT2D eigenvalue weighted by Crippen LogP contribution is -1.97. The van der Waals surface area contributed by atoms with E-state index in [0.717, 1.165) is 5.57 Å². The highest BCUT2D eigenvalue weighted by Crippen LogP contribution is 2.23. The summed E-state index contributed by atoms with van der Waals surface area (Å²) in [5, 5.41) is 18.2. The highest BCUT2D eigenvalue weighted by molar-refractivity contribution is 5.92. The van der Waals surface area contributed by atoms with Crippen LogP contribution in [0, 0.1) is 0 Å². The Bertz CT molecular complexity index is 470. The van der Waals surface area contributed by atoms with Crippen LogP contribution >= 0.6 is 0 Å². The lowest BCUT2D eigenvalue weighted by Gasteiger charge is -2.05. The van der Waals surface area contributed by atoms with Crippen LogP contribution in [0.2, 0.25) is 0 Å². The SMILES string of the molecule is C=C/C=C(\C=C)c1ccc(O)c(C(=O)O)c1. The first-order valence-corrected chi connectivity index (χ1v) is 4.62. The van der Waals surface area contributed by atoms with Gasteiger partial charge in [0.1, 0.15) is 11.3 Å². The predicted octanol–water partition coefficient (Wildman–Crippen LogP) is 2.85. The van der Waals surface area contributed by atoms with E-state index in [-0.39, 0.29) is 11.3 Å². The standard InChI is InChI=1S/C13H12O3/c1-3-5-9(4-2)10-6-7-12(14)11(8-10)13(15)16/h3-8,14H,1-2H2,(H,15,16)/b9-5+. The summed E-state index contributed by atoms with van der Waals surface area (Å²) in [5.74, 6) is -1.42. The van der Waals surface area contributed by atoms with Crippen LogP contribution < -0.4 is 0 Å². The molecule has 0 aliphatic heterocycles. The Kier molecular flexibility index (Phi) is 3.67. The third-order valence-electron chi connectivity index (χ3n) is 2.08. The van der Waals surface area contributed by atoms with E-state index in [2.05, 4.69) is 13.2 Å². The Morgan fingerprint density at radius 2 is 2.00 bits per heavy atom. The van der Waals surface area contributed by atoms with E-state index in [1.165, 1.54) is 12.1 Å². The maximum absolute atomic E-state index is 10.8. The second-order valence-corrected chi connectivity index (χ2v) is 3.10. The van der Waals surface area contributed by atoms with Crippen molar-refractivity contribution in [2.24, 2.45) is 0 Å². The quantitative estimate of drug-likeness (QED) is 0.761. The molecule has 0 spiro atoms. The van der Waals surface area contributed by atoms with Crippen molar-refractivity contribution in [3.8, 4) is 5.75 Å². The molecule has 0 fully saturated rings. The zero-order valence-corrected chi connectivity index (χ0v) is 8.68. The Morgan fingerprint density at radius 3 is 2.50 bits per heavy atom. The van der Waals surface area contributed by atoms with E-state index in [1.807, 2.05) is 0 Å². The van der Waals surface area contributed by atoms with Crippen molar-refractivity contribution in [2.45, 2.75) is 0 Å². The number of hydrogen-bond donors (Lipinski definition) is 2. The fourth-order valence-electron chi connectivity index (χ4n) is 1.30. The smallest absolute Gasteiger partial charge is 0.339 e. The molecule has 0 aliphatic carbocycles. The number of carbonyl (C=O) groups is 1. The molecule has 0 radical (unpaired) electrons. The summed E-state index contributed by atoms with van der Waals surface area (Å²) >= 11 is 0. The Hall–Kier alpha value is -2.29. The first-order chi connectivity index (χ1) is 7.60. The van der Waals surface area contributed by atoms with Gasteiger partial charge in [-0.05, 0) is 23.3 Å². The molecule has 0 aromatic heterocycles. The van der Waals surface area contributed by atoms with Gasteiger partial charge in [-0.15, -0.1) is 0 Å². The third-order valence-corrected chi connectivity index (χ3v) is 2.08. The average molecular weight is 216 g/mol. The monoisotopic (exact) mass is 216 g/mol. The van der Waals surface area contributed by atoms with Gasteiger partial charge in [0.05, 0.1) is 0 Å². The van der Waals surface area contributed by atoms with Crippen LogP contribution in [0.15, 0.2) is 49.6 Å².